The van der Waals surface area contributed by atoms with E-state index in [0.717, 1.165) is 0 Å². The lowest BCUT2D eigenvalue weighted by atomic mass is 9.95. The number of nitrogens with one attached hydrogen (secondary N) is 2. The summed E-state index contributed by atoms with van der Waals surface area (Å²) in [5.41, 5.74) is 0.437. The molecule has 0 saturated heterocycles. The normalized spacial score (nSPS) is 12.4. The van der Waals surface area contributed by atoms with E-state index in [1.807, 2.05) is 13.8 Å². The molecule has 1 aromatic carbocycles. The number of aromatic nitrogens is 3. The minimum absolute atomic E-state index is 0.0462. The zero-order chi connectivity index (χ0) is 16.1. The van der Waals surface area contributed by atoms with E-state index in [-0.39, 0.29) is 18.2 Å². The van der Waals surface area contributed by atoms with Crippen molar-refractivity contribution in [2.45, 2.75) is 32.7 Å². The number of hydrogen-bond donors (Lipinski definition) is 2. The lowest BCUT2D eigenvalue weighted by molar-refractivity contribution is -0.122. The standard InChI is InChI=1S/C15H18ClFN4O/c1-9(2)15(11-4-3-10(16)7-12(11)17)20-14(22)6-5-13-18-8-19-21-13/h3-4,7-9,15H,5-6H2,1-2H3,(H,20,22)(H,18,19,21)/t15-/m1/s1. The molecule has 0 bridgehead atoms. The summed E-state index contributed by atoms with van der Waals surface area (Å²) in [6.45, 7) is 3.85. The van der Waals surface area contributed by atoms with Crippen LogP contribution in [0.2, 0.25) is 5.02 Å². The number of H-pyrrole nitrogens is 1. The van der Waals surface area contributed by atoms with Crippen LogP contribution in [0.4, 0.5) is 4.39 Å². The second-order valence-electron chi connectivity index (χ2n) is 5.39. The summed E-state index contributed by atoms with van der Waals surface area (Å²) < 4.78 is 14.1. The Hall–Kier alpha value is -1.95. The molecule has 22 heavy (non-hydrogen) atoms. The Morgan fingerprint density at radius 3 is 2.82 bits per heavy atom. The molecule has 2 rings (SSSR count). The number of rotatable bonds is 6. The third-order valence-electron chi connectivity index (χ3n) is 3.33. The molecule has 118 valence electrons. The van der Waals surface area contributed by atoms with Crippen LogP contribution in [0.25, 0.3) is 0 Å². The van der Waals surface area contributed by atoms with Gasteiger partial charge in [0.25, 0.3) is 0 Å². The fraction of sp³-hybridized carbons (Fsp3) is 0.400. The molecule has 7 heteroatoms. The number of halogens is 2. The quantitative estimate of drug-likeness (QED) is 0.858. The predicted molar refractivity (Wildman–Crippen MR) is 81.8 cm³/mol. The Morgan fingerprint density at radius 2 is 2.23 bits per heavy atom. The molecule has 0 unspecified atom stereocenters. The molecule has 1 heterocycles. The van der Waals surface area contributed by atoms with Crippen molar-refractivity contribution in [3.63, 3.8) is 0 Å². The molecular formula is C15H18ClFN4O. The molecule has 5 nitrogen and oxygen atoms in total. The number of carbonyl (C=O) groups is 1. The Balaban J connectivity index is 2.03. The van der Waals surface area contributed by atoms with Crippen molar-refractivity contribution >= 4 is 17.5 Å². The summed E-state index contributed by atoms with van der Waals surface area (Å²) in [5.74, 6) is 0.116. The van der Waals surface area contributed by atoms with E-state index >= 15 is 0 Å². The largest absolute Gasteiger partial charge is 0.349 e. The minimum atomic E-state index is -0.415. The predicted octanol–water partition coefficient (Wildman–Crippen LogP) is 3.04. The van der Waals surface area contributed by atoms with Crippen molar-refractivity contribution in [1.82, 2.24) is 20.5 Å². The Kier molecular flexibility index (Phi) is 5.49. The van der Waals surface area contributed by atoms with Crippen LogP contribution in [-0.2, 0) is 11.2 Å². The Bertz CT molecular complexity index is 630. The van der Waals surface area contributed by atoms with Gasteiger partial charge in [-0.3, -0.25) is 9.89 Å². The molecule has 0 radical (unpaired) electrons. The zero-order valence-corrected chi connectivity index (χ0v) is 13.2. The van der Waals surface area contributed by atoms with Gasteiger partial charge in [0.1, 0.15) is 18.0 Å². The molecule has 0 fully saturated rings. The monoisotopic (exact) mass is 324 g/mol. The maximum Gasteiger partial charge on any atom is 0.220 e. The summed E-state index contributed by atoms with van der Waals surface area (Å²) in [4.78, 5) is 16.0. The van der Waals surface area contributed by atoms with Crippen LogP contribution in [0.1, 0.15) is 37.7 Å². The van der Waals surface area contributed by atoms with Crippen molar-refractivity contribution in [3.8, 4) is 0 Å². The van der Waals surface area contributed by atoms with E-state index in [1.165, 1.54) is 12.4 Å². The maximum atomic E-state index is 14.1. The molecule has 0 aliphatic carbocycles. The molecule has 1 atom stereocenters. The lowest BCUT2D eigenvalue weighted by Crippen LogP contribution is -2.32. The molecule has 2 N–H and O–H groups in total. The van der Waals surface area contributed by atoms with Crippen LogP contribution in [0.15, 0.2) is 24.5 Å². The first-order chi connectivity index (χ1) is 10.5. The van der Waals surface area contributed by atoms with Crippen molar-refractivity contribution < 1.29 is 9.18 Å². The summed E-state index contributed by atoms with van der Waals surface area (Å²) in [6, 6.07) is 4.08. The smallest absolute Gasteiger partial charge is 0.220 e. The summed E-state index contributed by atoms with van der Waals surface area (Å²) in [6.07, 6.45) is 2.11. The molecule has 2 aromatic rings. The van der Waals surface area contributed by atoms with Crippen molar-refractivity contribution in [2.24, 2.45) is 5.92 Å². The van der Waals surface area contributed by atoms with E-state index in [1.54, 1.807) is 12.1 Å². The van der Waals surface area contributed by atoms with Gasteiger partial charge in [0.15, 0.2) is 0 Å². The van der Waals surface area contributed by atoms with Gasteiger partial charge in [0.2, 0.25) is 5.91 Å². The van der Waals surface area contributed by atoms with Gasteiger partial charge in [0, 0.05) is 23.4 Å². The van der Waals surface area contributed by atoms with Gasteiger partial charge < -0.3 is 5.32 Å². The summed E-state index contributed by atoms with van der Waals surface area (Å²) in [5, 5.41) is 9.63. The number of benzene rings is 1. The van der Waals surface area contributed by atoms with Gasteiger partial charge in [-0.15, -0.1) is 0 Å². The highest BCUT2D eigenvalue weighted by atomic mass is 35.5. The highest BCUT2D eigenvalue weighted by molar-refractivity contribution is 6.30. The van der Waals surface area contributed by atoms with Crippen LogP contribution in [0.3, 0.4) is 0 Å². The van der Waals surface area contributed by atoms with Gasteiger partial charge >= 0.3 is 0 Å². The van der Waals surface area contributed by atoms with Gasteiger partial charge in [-0.1, -0.05) is 31.5 Å². The first-order valence-electron chi connectivity index (χ1n) is 7.06. The van der Waals surface area contributed by atoms with Crippen LogP contribution in [0, 0.1) is 11.7 Å². The van der Waals surface area contributed by atoms with E-state index < -0.39 is 11.9 Å². The van der Waals surface area contributed by atoms with Gasteiger partial charge in [-0.25, -0.2) is 9.37 Å². The number of aromatic amines is 1. The fourth-order valence-electron chi connectivity index (χ4n) is 2.19. The van der Waals surface area contributed by atoms with Crippen LogP contribution >= 0.6 is 11.6 Å². The lowest BCUT2D eigenvalue weighted by Gasteiger charge is -2.23. The van der Waals surface area contributed by atoms with E-state index in [0.29, 0.717) is 22.8 Å². The van der Waals surface area contributed by atoms with Gasteiger partial charge in [-0.05, 0) is 18.1 Å². The van der Waals surface area contributed by atoms with Crippen LogP contribution in [0.5, 0.6) is 0 Å². The Labute approximate surface area is 133 Å². The van der Waals surface area contributed by atoms with E-state index in [9.17, 15) is 9.18 Å². The van der Waals surface area contributed by atoms with Crippen molar-refractivity contribution in [1.29, 1.82) is 0 Å². The third kappa shape index (κ3) is 4.27. The molecule has 0 aliphatic rings. The topological polar surface area (TPSA) is 70.7 Å². The fourth-order valence-corrected chi connectivity index (χ4v) is 2.34. The van der Waals surface area contributed by atoms with Gasteiger partial charge in [-0.2, -0.15) is 5.10 Å². The number of hydrogen-bond acceptors (Lipinski definition) is 3. The first kappa shape index (κ1) is 16.4. The maximum absolute atomic E-state index is 14.1. The summed E-state index contributed by atoms with van der Waals surface area (Å²) in [7, 11) is 0. The number of amides is 1. The third-order valence-corrected chi connectivity index (χ3v) is 3.57. The SMILES string of the molecule is CC(C)[C@@H](NC(=O)CCc1ncn[nH]1)c1ccc(Cl)cc1F. The average molecular weight is 325 g/mol. The van der Waals surface area contributed by atoms with Crippen molar-refractivity contribution in [2.75, 3.05) is 0 Å². The van der Waals surface area contributed by atoms with Gasteiger partial charge in [0.05, 0.1) is 6.04 Å². The first-order valence-corrected chi connectivity index (χ1v) is 7.43. The molecular weight excluding hydrogens is 307 g/mol. The van der Waals surface area contributed by atoms with Crippen molar-refractivity contribution in [3.05, 3.63) is 46.8 Å². The highest BCUT2D eigenvalue weighted by Crippen LogP contribution is 2.26. The van der Waals surface area contributed by atoms with E-state index in [2.05, 4.69) is 20.5 Å². The molecule has 0 aliphatic heterocycles. The van der Waals surface area contributed by atoms with Crippen LogP contribution < -0.4 is 5.32 Å². The number of aryl methyl sites for hydroxylation is 1. The minimum Gasteiger partial charge on any atom is -0.349 e. The Morgan fingerprint density at radius 1 is 1.45 bits per heavy atom. The second kappa shape index (κ2) is 7.35. The highest BCUT2D eigenvalue weighted by Gasteiger charge is 2.21. The summed E-state index contributed by atoms with van der Waals surface area (Å²) >= 11 is 5.77. The number of carbonyl (C=O) groups excluding carboxylic acids is 1. The second-order valence-corrected chi connectivity index (χ2v) is 5.82. The number of nitrogens with zero attached hydrogens (tertiary/aromatic N) is 2. The zero-order valence-electron chi connectivity index (χ0n) is 12.4. The molecule has 0 spiro atoms. The molecule has 0 saturated carbocycles. The average Bonchev–Trinajstić information content (AvgIpc) is 2.96. The van der Waals surface area contributed by atoms with E-state index in [4.69, 9.17) is 11.6 Å². The molecule has 1 amide bonds. The van der Waals surface area contributed by atoms with Crippen LogP contribution in [-0.4, -0.2) is 21.1 Å². The molecule has 1 aromatic heterocycles.